The number of hydrogen-bond acceptors (Lipinski definition) is 6. The summed E-state index contributed by atoms with van der Waals surface area (Å²) in [5, 5.41) is 4.71. The Morgan fingerprint density at radius 1 is 1.14 bits per heavy atom. The number of benzene rings is 1. The normalized spacial score (nSPS) is 17.5. The van der Waals surface area contributed by atoms with Crippen molar-refractivity contribution in [3.8, 4) is 11.5 Å². The standard InChI is InChI=1S/C21H21FN4O2/c1-11-16-9-14(13-3-4-13)10-17(22)19(16)24-20(26-7-5-15(27)6-8-26)18(11)21-23-12(2)25-28-21/h9-10,13H,3-8H2,1-2H3. The number of aromatic nitrogens is 3. The quantitative estimate of drug-likeness (QED) is 0.682. The molecule has 28 heavy (non-hydrogen) atoms. The van der Waals surface area contributed by atoms with Crippen LogP contribution in [-0.4, -0.2) is 34.0 Å². The van der Waals surface area contributed by atoms with Crippen molar-refractivity contribution in [1.29, 1.82) is 0 Å². The van der Waals surface area contributed by atoms with Crippen molar-refractivity contribution in [2.45, 2.75) is 45.4 Å². The second kappa shape index (κ2) is 6.36. The summed E-state index contributed by atoms with van der Waals surface area (Å²) in [6, 6.07) is 3.67. The third-order valence-corrected chi connectivity index (χ3v) is 5.72. The Kier molecular flexibility index (Phi) is 3.92. The molecule has 0 spiro atoms. The number of rotatable bonds is 3. The molecule has 0 amide bonds. The molecule has 2 aromatic heterocycles. The molecule has 0 N–H and O–H groups in total. The Labute approximate surface area is 161 Å². The number of hydrogen-bond donors (Lipinski definition) is 0. The maximum atomic E-state index is 15.0. The van der Waals surface area contributed by atoms with Crippen molar-refractivity contribution in [3.05, 3.63) is 34.9 Å². The number of anilines is 1. The zero-order chi connectivity index (χ0) is 19.4. The van der Waals surface area contributed by atoms with Crippen LogP contribution in [0.25, 0.3) is 22.4 Å². The van der Waals surface area contributed by atoms with Crippen LogP contribution in [0.2, 0.25) is 0 Å². The van der Waals surface area contributed by atoms with Gasteiger partial charge in [0, 0.05) is 31.3 Å². The van der Waals surface area contributed by atoms with Gasteiger partial charge in [0.05, 0.1) is 5.56 Å². The van der Waals surface area contributed by atoms with Crippen LogP contribution in [0.3, 0.4) is 0 Å². The van der Waals surface area contributed by atoms with Crippen molar-refractivity contribution in [2.75, 3.05) is 18.0 Å². The molecule has 1 aromatic carbocycles. The van der Waals surface area contributed by atoms with Crippen LogP contribution < -0.4 is 4.90 Å². The van der Waals surface area contributed by atoms with Crippen LogP contribution in [0.4, 0.5) is 10.2 Å². The van der Waals surface area contributed by atoms with Gasteiger partial charge in [-0.2, -0.15) is 4.98 Å². The average molecular weight is 380 g/mol. The second-order valence-electron chi connectivity index (χ2n) is 7.78. The predicted octanol–water partition coefficient (Wildman–Crippen LogP) is 4.09. The van der Waals surface area contributed by atoms with E-state index in [9.17, 15) is 9.18 Å². The Morgan fingerprint density at radius 2 is 1.89 bits per heavy atom. The SMILES string of the molecule is Cc1noc(-c2c(N3CCC(=O)CC3)nc3c(F)cc(C4CC4)cc3c2C)n1. The highest BCUT2D eigenvalue weighted by Gasteiger charge is 2.29. The molecular formula is C21H21FN4O2. The fourth-order valence-corrected chi connectivity index (χ4v) is 3.99. The molecule has 5 rings (SSSR count). The van der Waals surface area contributed by atoms with Crippen molar-refractivity contribution >= 4 is 22.5 Å². The minimum atomic E-state index is -0.301. The van der Waals surface area contributed by atoms with Gasteiger partial charge in [-0.15, -0.1) is 0 Å². The summed E-state index contributed by atoms with van der Waals surface area (Å²) < 4.78 is 20.4. The van der Waals surface area contributed by atoms with E-state index in [1.165, 1.54) is 0 Å². The van der Waals surface area contributed by atoms with Gasteiger partial charge in [0.15, 0.2) is 5.82 Å². The number of piperidine rings is 1. The molecule has 2 aliphatic rings. The van der Waals surface area contributed by atoms with Gasteiger partial charge in [-0.1, -0.05) is 5.16 Å². The van der Waals surface area contributed by atoms with Crippen LogP contribution in [0.1, 0.15) is 48.6 Å². The summed E-state index contributed by atoms with van der Waals surface area (Å²) in [5.74, 6) is 1.91. The molecule has 0 atom stereocenters. The third-order valence-electron chi connectivity index (χ3n) is 5.72. The molecular weight excluding hydrogens is 359 g/mol. The first kappa shape index (κ1) is 17.3. The summed E-state index contributed by atoms with van der Waals surface area (Å²) in [4.78, 5) is 22.8. The van der Waals surface area contributed by atoms with E-state index in [4.69, 9.17) is 9.51 Å². The predicted molar refractivity (Wildman–Crippen MR) is 103 cm³/mol. The molecule has 3 aromatic rings. The fraction of sp³-hybridized carbons (Fsp3) is 0.429. The highest BCUT2D eigenvalue weighted by atomic mass is 19.1. The number of pyridine rings is 1. The fourth-order valence-electron chi connectivity index (χ4n) is 3.99. The first-order valence-electron chi connectivity index (χ1n) is 9.72. The Bertz CT molecular complexity index is 1090. The Balaban J connectivity index is 1.75. The monoisotopic (exact) mass is 380 g/mol. The summed E-state index contributed by atoms with van der Waals surface area (Å²) in [6.07, 6.45) is 3.13. The van der Waals surface area contributed by atoms with Crippen molar-refractivity contribution in [3.63, 3.8) is 0 Å². The zero-order valence-corrected chi connectivity index (χ0v) is 16.0. The summed E-state index contributed by atoms with van der Waals surface area (Å²) in [5.41, 5.74) is 2.99. The van der Waals surface area contributed by atoms with Gasteiger partial charge in [-0.25, -0.2) is 9.37 Å². The van der Waals surface area contributed by atoms with E-state index in [0.717, 1.165) is 34.9 Å². The van der Waals surface area contributed by atoms with E-state index in [1.54, 1.807) is 13.0 Å². The molecule has 0 radical (unpaired) electrons. The molecule has 2 fully saturated rings. The van der Waals surface area contributed by atoms with Crippen LogP contribution >= 0.6 is 0 Å². The van der Waals surface area contributed by atoms with Crippen molar-refractivity contribution in [2.24, 2.45) is 0 Å². The van der Waals surface area contributed by atoms with Gasteiger partial charge in [0.2, 0.25) is 0 Å². The number of carbonyl (C=O) groups is 1. The smallest absolute Gasteiger partial charge is 0.261 e. The molecule has 144 valence electrons. The Morgan fingerprint density at radius 3 is 2.54 bits per heavy atom. The number of aryl methyl sites for hydroxylation is 2. The maximum Gasteiger partial charge on any atom is 0.261 e. The minimum absolute atomic E-state index is 0.240. The number of carbonyl (C=O) groups excluding carboxylic acids is 1. The number of ketones is 1. The third kappa shape index (κ3) is 2.85. The van der Waals surface area contributed by atoms with E-state index in [2.05, 4.69) is 16.2 Å². The van der Waals surface area contributed by atoms with E-state index >= 15 is 0 Å². The molecule has 6 nitrogen and oxygen atoms in total. The summed E-state index contributed by atoms with van der Waals surface area (Å²) in [6.45, 7) is 4.83. The summed E-state index contributed by atoms with van der Waals surface area (Å²) in [7, 11) is 0. The number of fused-ring (bicyclic) bond motifs is 1. The van der Waals surface area contributed by atoms with Gasteiger partial charge in [0.25, 0.3) is 5.89 Å². The Hall–Kier alpha value is -2.83. The molecule has 1 aliphatic carbocycles. The zero-order valence-electron chi connectivity index (χ0n) is 16.0. The first-order valence-corrected chi connectivity index (χ1v) is 9.72. The second-order valence-corrected chi connectivity index (χ2v) is 7.78. The lowest BCUT2D eigenvalue weighted by atomic mass is 9.98. The minimum Gasteiger partial charge on any atom is -0.355 e. The van der Waals surface area contributed by atoms with Crippen molar-refractivity contribution in [1.82, 2.24) is 15.1 Å². The van der Waals surface area contributed by atoms with Gasteiger partial charge in [-0.05, 0) is 55.9 Å². The molecule has 0 unspecified atom stereocenters. The molecule has 7 heteroatoms. The summed E-state index contributed by atoms with van der Waals surface area (Å²) >= 11 is 0. The molecule has 1 aliphatic heterocycles. The van der Waals surface area contributed by atoms with Crippen LogP contribution in [0.15, 0.2) is 16.7 Å². The van der Waals surface area contributed by atoms with Crippen molar-refractivity contribution < 1.29 is 13.7 Å². The number of halogens is 1. The molecule has 3 heterocycles. The molecule has 1 saturated heterocycles. The van der Waals surface area contributed by atoms with Crippen LogP contribution in [-0.2, 0) is 4.79 Å². The topological polar surface area (TPSA) is 72.1 Å². The van der Waals surface area contributed by atoms with Crippen LogP contribution in [0, 0.1) is 19.7 Å². The highest BCUT2D eigenvalue weighted by Crippen LogP contribution is 2.43. The van der Waals surface area contributed by atoms with Gasteiger partial charge < -0.3 is 9.42 Å². The average Bonchev–Trinajstić information content (AvgIpc) is 3.44. The van der Waals surface area contributed by atoms with Gasteiger partial charge in [0.1, 0.15) is 22.9 Å². The molecule has 0 bridgehead atoms. The number of nitrogens with zero attached hydrogens (tertiary/aromatic N) is 4. The van der Waals surface area contributed by atoms with E-state index in [0.29, 0.717) is 54.9 Å². The lowest BCUT2D eigenvalue weighted by molar-refractivity contribution is -0.119. The highest BCUT2D eigenvalue weighted by molar-refractivity contribution is 5.93. The lowest BCUT2D eigenvalue weighted by Crippen LogP contribution is -2.34. The lowest BCUT2D eigenvalue weighted by Gasteiger charge is -2.29. The van der Waals surface area contributed by atoms with E-state index in [-0.39, 0.29) is 11.6 Å². The van der Waals surface area contributed by atoms with E-state index < -0.39 is 0 Å². The first-order chi connectivity index (χ1) is 13.5. The largest absolute Gasteiger partial charge is 0.355 e. The van der Waals surface area contributed by atoms with E-state index in [1.807, 2.05) is 11.8 Å². The molecule has 1 saturated carbocycles. The van der Waals surface area contributed by atoms with Crippen LogP contribution in [0.5, 0.6) is 0 Å². The number of Topliss-reactive ketones (excluding diaryl/α,β-unsaturated/α-hetero) is 1. The van der Waals surface area contributed by atoms with Gasteiger partial charge >= 0.3 is 0 Å². The van der Waals surface area contributed by atoms with Gasteiger partial charge in [-0.3, -0.25) is 4.79 Å². The maximum absolute atomic E-state index is 15.0.